The number of methoxy groups -OCH3 is 1. The van der Waals surface area contributed by atoms with Gasteiger partial charge in [0, 0.05) is 43.1 Å². The van der Waals surface area contributed by atoms with Gasteiger partial charge in [-0.3, -0.25) is 9.78 Å². The van der Waals surface area contributed by atoms with Crippen LogP contribution in [0, 0.1) is 6.92 Å². The summed E-state index contributed by atoms with van der Waals surface area (Å²) in [5.41, 5.74) is 4.86. The first-order valence-corrected chi connectivity index (χ1v) is 13.0. The number of amides is 1. The van der Waals surface area contributed by atoms with Crippen molar-refractivity contribution in [2.24, 2.45) is 0 Å². The van der Waals surface area contributed by atoms with Crippen LogP contribution < -0.4 is 15.5 Å². The SMILES string of the molecule is COCC(=O)Nc1ccc(N2C(=S)N[C@@H](c3ccccn3)[C@@H]2c2ccn(C3CCCCC3)c2)cc1C. The molecule has 1 aliphatic heterocycles. The fourth-order valence-corrected chi connectivity index (χ4v) is 5.78. The number of carbonyl (C=O) groups excluding carboxylic acids is 1. The summed E-state index contributed by atoms with van der Waals surface area (Å²) in [5.74, 6) is -0.177. The second-order valence-corrected chi connectivity index (χ2v) is 10.0. The molecule has 0 spiro atoms. The Kier molecular flexibility index (Phi) is 7.34. The maximum atomic E-state index is 12.0. The van der Waals surface area contributed by atoms with Crippen LogP contribution >= 0.6 is 12.2 Å². The van der Waals surface area contributed by atoms with Crippen LogP contribution in [-0.4, -0.2) is 34.3 Å². The van der Waals surface area contributed by atoms with E-state index < -0.39 is 0 Å². The molecule has 3 aromatic rings. The summed E-state index contributed by atoms with van der Waals surface area (Å²) in [6.45, 7) is 2.01. The molecule has 2 aliphatic rings. The molecule has 188 valence electrons. The van der Waals surface area contributed by atoms with Gasteiger partial charge in [-0.2, -0.15) is 0 Å². The Morgan fingerprint density at radius 2 is 2.03 bits per heavy atom. The zero-order valence-electron chi connectivity index (χ0n) is 20.8. The predicted molar refractivity (Wildman–Crippen MR) is 146 cm³/mol. The highest BCUT2D eigenvalue weighted by Gasteiger charge is 2.41. The first-order chi connectivity index (χ1) is 17.5. The highest BCUT2D eigenvalue weighted by molar-refractivity contribution is 7.80. The minimum absolute atomic E-state index is 0.0210. The summed E-state index contributed by atoms with van der Waals surface area (Å²) in [6.07, 6.45) is 12.7. The van der Waals surface area contributed by atoms with E-state index in [1.165, 1.54) is 44.8 Å². The van der Waals surface area contributed by atoms with Crippen LogP contribution in [0.4, 0.5) is 11.4 Å². The molecule has 1 saturated carbocycles. The van der Waals surface area contributed by atoms with Crippen molar-refractivity contribution in [3.63, 3.8) is 0 Å². The minimum Gasteiger partial charge on any atom is -0.375 e. The summed E-state index contributed by atoms with van der Waals surface area (Å²) >= 11 is 5.88. The molecule has 0 bridgehead atoms. The topological polar surface area (TPSA) is 71.4 Å². The molecule has 3 heterocycles. The van der Waals surface area contributed by atoms with Gasteiger partial charge in [0.05, 0.1) is 17.8 Å². The zero-order chi connectivity index (χ0) is 25.1. The number of ether oxygens (including phenoxy) is 1. The molecule has 2 fully saturated rings. The second kappa shape index (κ2) is 10.8. The quantitative estimate of drug-likeness (QED) is 0.417. The standard InChI is InChI=1S/C28H33N5O2S/c1-19-16-22(11-12-23(19)30-25(34)18-35-2)33-27(26(31-28(33)36)24-10-6-7-14-29-24)20-13-15-32(17-20)21-8-4-3-5-9-21/h6-7,10-17,21,26-27H,3-5,8-9,18H2,1-2H3,(H,30,34)(H,31,36)/t26-,27-/m0/s1. The number of thiocarbonyl (C=S) groups is 1. The lowest BCUT2D eigenvalue weighted by molar-refractivity contribution is -0.119. The van der Waals surface area contributed by atoms with E-state index in [4.69, 9.17) is 17.0 Å². The van der Waals surface area contributed by atoms with Crippen molar-refractivity contribution in [2.75, 3.05) is 23.9 Å². The number of carbonyl (C=O) groups is 1. The highest BCUT2D eigenvalue weighted by atomic mass is 32.1. The number of aryl methyl sites for hydroxylation is 1. The maximum absolute atomic E-state index is 12.0. The van der Waals surface area contributed by atoms with E-state index in [2.05, 4.69) is 55.7 Å². The number of hydrogen-bond donors (Lipinski definition) is 2. The first kappa shape index (κ1) is 24.5. The Morgan fingerprint density at radius 3 is 2.75 bits per heavy atom. The molecular formula is C28H33N5O2S. The van der Waals surface area contributed by atoms with Crippen LogP contribution in [0.5, 0.6) is 0 Å². The van der Waals surface area contributed by atoms with Crippen molar-refractivity contribution in [2.45, 2.75) is 57.2 Å². The minimum atomic E-state index is -0.177. The average Bonchev–Trinajstić information content (AvgIpc) is 3.51. The molecule has 36 heavy (non-hydrogen) atoms. The van der Waals surface area contributed by atoms with Crippen LogP contribution in [0.1, 0.15) is 67.1 Å². The zero-order valence-corrected chi connectivity index (χ0v) is 21.6. The van der Waals surface area contributed by atoms with Gasteiger partial charge >= 0.3 is 0 Å². The molecular weight excluding hydrogens is 470 g/mol. The Labute approximate surface area is 217 Å². The average molecular weight is 504 g/mol. The molecule has 7 nitrogen and oxygen atoms in total. The summed E-state index contributed by atoms with van der Waals surface area (Å²) < 4.78 is 7.34. The normalized spacial score (nSPS) is 20.4. The number of aromatic nitrogens is 2. The molecule has 0 unspecified atom stereocenters. The third-order valence-corrected chi connectivity index (χ3v) is 7.53. The third-order valence-electron chi connectivity index (χ3n) is 7.21. The van der Waals surface area contributed by atoms with Gasteiger partial charge in [-0.05, 0) is 79.5 Å². The van der Waals surface area contributed by atoms with E-state index in [0.717, 1.165) is 22.6 Å². The molecule has 0 radical (unpaired) electrons. The molecule has 1 amide bonds. The Morgan fingerprint density at radius 1 is 1.19 bits per heavy atom. The number of anilines is 2. The Balaban J connectivity index is 1.50. The van der Waals surface area contributed by atoms with Gasteiger partial charge in [-0.1, -0.05) is 25.3 Å². The summed E-state index contributed by atoms with van der Waals surface area (Å²) in [6, 6.07) is 14.7. The fraction of sp³-hybridized carbons (Fsp3) is 0.393. The van der Waals surface area contributed by atoms with Crippen molar-refractivity contribution >= 4 is 34.6 Å². The lowest BCUT2D eigenvalue weighted by atomic mass is 9.95. The van der Waals surface area contributed by atoms with Crippen molar-refractivity contribution < 1.29 is 9.53 Å². The molecule has 8 heteroatoms. The number of hydrogen-bond acceptors (Lipinski definition) is 4. The monoisotopic (exact) mass is 503 g/mol. The van der Waals surface area contributed by atoms with E-state index in [1.807, 2.05) is 37.4 Å². The van der Waals surface area contributed by atoms with Gasteiger partial charge in [0.25, 0.3) is 0 Å². The van der Waals surface area contributed by atoms with Gasteiger partial charge < -0.3 is 24.8 Å². The first-order valence-electron chi connectivity index (χ1n) is 12.6. The van der Waals surface area contributed by atoms with Gasteiger partial charge in [-0.25, -0.2) is 0 Å². The van der Waals surface area contributed by atoms with Gasteiger partial charge in [-0.15, -0.1) is 0 Å². The predicted octanol–water partition coefficient (Wildman–Crippen LogP) is 5.46. The van der Waals surface area contributed by atoms with Crippen LogP contribution in [0.3, 0.4) is 0 Å². The van der Waals surface area contributed by atoms with E-state index in [1.54, 1.807) is 0 Å². The molecule has 1 saturated heterocycles. The number of pyridine rings is 1. The van der Waals surface area contributed by atoms with E-state index in [-0.39, 0.29) is 24.6 Å². The lowest BCUT2D eigenvalue weighted by Crippen LogP contribution is -2.29. The second-order valence-electron chi connectivity index (χ2n) is 9.66. The van der Waals surface area contributed by atoms with Crippen molar-refractivity contribution in [1.82, 2.24) is 14.9 Å². The summed E-state index contributed by atoms with van der Waals surface area (Å²) in [7, 11) is 1.51. The summed E-state index contributed by atoms with van der Waals surface area (Å²) in [5, 5.41) is 7.12. The Bertz CT molecular complexity index is 1220. The van der Waals surface area contributed by atoms with Crippen LogP contribution in [-0.2, 0) is 9.53 Å². The molecule has 2 N–H and O–H groups in total. The Hall–Kier alpha value is -3.23. The molecule has 1 aromatic carbocycles. The van der Waals surface area contributed by atoms with Crippen molar-refractivity contribution in [3.8, 4) is 0 Å². The fourth-order valence-electron chi connectivity index (χ4n) is 5.44. The molecule has 1 aliphatic carbocycles. The van der Waals surface area contributed by atoms with Gasteiger partial charge in [0.15, 0.2) is 5.11 Å². The molecule has 2 aromatic heterocycles. The van der Waals surface area contributed by atoms with Crippen LogP contribution in [0.2, 0.25) is 0 Å². The van der Waals surface area contributed by atoms with Crippen LogP contribution in [0.25, 0.3) is 0 Å². The van der Waals surface area contributed by atoms with Crippen molar-refractivity contribution in [1.29, 1.82) is 0 Å². The smallest absolute Gasteiger partial charge is 0.250 e. The van der Waals surface area contributed by atoms with Crippen LogP contribution in [0.15, 0.2) is 61.1 Å². The van der Waals surface area contributed by atoms with E-state index in [0.29, 0.717) is 11.2 Å². The number of rotatable bonds is 7. The van der Waals surface area contributed by atoms with E-state index in [9.17, 15) is 4.79 Å². The lowest BCUT2D eigenvalue weighted by Gasteiger charge is -2.28. The van der Waals surface area contributed by atoms with Crippen molar-refractivity contribution in [3.05, 3.63) is 77.9 Å². The molecule has 5 rings (SSSR count). The maximum Gasteiger partial charge on any atom is 0.250 e. The van der Waals surface area contributed by atoms with E-state index >= 15 is 0 Å². The number of nitrogens with zero attached hydrogens (tertiary/aromatic N) is 3. The summed E-state index contributed by atoms with van der Waals surface area (Å²) in [4.78, 5) is 18.9. The largest absolute Gasteiger partial charge is 0.375 e. The van der Waals surface area contributed by atoms with Gasteiger partial charge in [0.2, 0.25) is 5.91 Å². The number of nitrogens with one attached hydrogen (secondary N) is 2. The van der Waals surface area contributed by atoms with Gasteiger partial charge in [0.1, 0.15) is 6.61 Å². The number of benzene rings is 1. The third kappa shape index (κ3) is 5.01. The molecule has 2 atom stereocenters. The highest BCUT2D eigenvalue weighted by Crippen LogP contribution is 2.43.